The molecule has 0 aliphatic carbocycles. The quantitative estimate of drug-likeness (QED) is 0.828. The molecular weight excluding hydrogens is 260 g/mol. The largest absolute Gasteiger partial charge is 0.504 e. The highest BCUT2D eigenvalue weighted by Crippen LogP contribution is 2.34. The third-order valence-corrected chi connectivity index (χ3v) is 2.19. The first-order valence-electron chi connectivity index (χ1n) is 5.35. The van der Waals surface area contributed by atoms with Gasteiger partial charge in [0.15, 0.2) is 11.5 Å². The van der Waals surface area contributed by atoms with Gasteiger partial charge < -0.3 is 14.6 Å². The number of carbonyl (C=O) groups excluding carboxylic acids is 1. The minimum absolute atomic E-state index is 0.0403. The van der Waals surface area contributed by atoms with Gasteiger partial charge in [0, 0.05) is 5.56 Å². The monoisotopic (exact) mass is 271 g/mol. The average molecular weight is 271 g/mol. The van der Waals surface area contributed by atoms with Crippen LogP contribution >= 0.6 is 0 Å². The summed E-state index contributed by atoms with van der Waals surface area (Å²) < 4.78 is 33.4. The Kier molecular flexibility index (Phi) is 5.06. The van der Waals surface area contributed by atoms with Gasteiger partial charge >= 0.3 is 12.6 Å². The Bertz CT molecular complexity index is 511. The van der Waals surface area contributed by atoms with Crippen molar-refractivity contribution in [3.8, 4) is 17.6 Å². The summed E-state index contributed by atoms with van der Waals surface area (Å²) in [6.07, 6.45) is -0.437. The van der Waals surface area contributed by atoms with E-state index in [-0.39, 0.29) is 17.7 Å². The Morgan fingerprint density at radius 3 is 2.74 bits per heavy atom. The van der Waals surface area contributed by atoms with E-state index in [0.717, 1.165) is 6.07 Å². The molecule has 5 nitrogen and oxygen atoms in total. The van der Waals surface area contributed by atoms with Crippen molar-refractivity contribution in [1.29, 1.82) is 5.26 Å². The van der Waals surface area contributed by atoms with Crippen LogP contribution in [0.2, 0.25) is 0 Å². The molecule has 0 aliphatic rings. The molecule has 102 valence electrons. The Labute approximate surface area is 108 Å². The van der Waals surface area contributed by atoms with E-state index in [4.69, 9.17) is 5.26 Å². The van der Waals surface area contributed by atoms with E-state index >= 15 is 0 Å². The molecule has 19 heavy (non-hydrogen) atoms. The molecular formula is C12H11F2NO4. The van der Waals surface area contributed by atoms with Gasteiger partial charge in [-0.25, -0.2) is 0 Å². The number of nitriles is 1. The molecule has 1 aromatic carbocycles. The number of hydrogen-bond donors (Lipinski definition) is 1. The number of alkyl halides is 2. The van der Waals surface area contributed by atoms with E-state index in [1.54, 1.807) is 13.0 Å². The third kappa shape index (κ3) is 3.81. The summed E-state index contributed by atoms with van der Waals surface area (Å²) in [5, 5.41) is 18.4. The number of phenolic OH excluding ortho intramolecular Hbond substituents is 1. The molecule has 0 amide bonds. The number of ether oxygens (including phenoxy) is 2. The lowest BCUT2D eigenvalue weighted by Crippen LogP contribution is -2.12. The maximum Gasteiger partial charge on any atom is 0.387 e. The summed E-state index contributed by atoms with van der Waals surface area (Å²) in [5.74, 6) is -1.86. The zero-order chi connectivity index (χ0) is 14.4. The Hall–Kier alpha value is -2.36. The van der Waals surface area contributed by atoms with Crippen molar-refractivity contribution in [3.05, 3.63) is 23.3 Å². The Morgan fingerprint density at radius 2 is 2.21 bits per heavy atom. The molecule has 7 heteroatoms. The van der Waals surface area contributed by atoms with Crippen molar-refractivity contribution in [2.75, 3.05) is 6.61 Å². The van der Waals surface area contributed by atoms with Crippen LogP contribution in [0.3, 0.4) is 0 Å². The summed E-state index contributed by atoms with van der Waals surface area (Å²) in [5.41, 5.74) is -0.164. The zero-order valence-electron chi connectivity index (χ0n) is 10.0. The topological polar surface area (TPSA) is 79.6 Å². The summed E-state index contributed by atoms with van der Waals surface area (Å²) in [6.45, 7) is -1.48. The van der Waals surface area contributed by atoms with Gasteiger partial charge in [0.25, 0.3) is 0 Å². The molecule has 0 unspecified atom stereocenters. The molecule has 0 spiro atoms. The van der Waals surface area contributed by atoms with Crippen molar-refractivity contribution in [3.63, 3.8) is 0 Å². The number of benzene rings is 1. The van der Waals surface area contributed by atoms with E-state index in [9.17, 15) is 18.7 Å². The lowest BCUT2D eigenvalue weighted by molar-refractivity contribution is -0.142. The van der Waals surface area contributed by atoms with Crippen LogP contribution in [0, 0.1) is 11.3 Å². The normalized spacial score (nSPS) is 10.1. The second kappa shape index (κ2) is 6.54. The molecule has 0 atom stereocenters. The minimum Gasteiger partial charge on any atom is -0.504 e. The fourth-order valence-corrected chi connectivity index (χ4v) is 1.47. The van der Waals surface area contributed by atoms with Crippen LogP contribution in [-0.4, -0.2) is 24.3 Å². The molecule has 0 fully saturated rings. The predicted molar refractivity (Wildman–Crippen MR) is 59.8 cm³/mol. The SMILES string of the molecule is CCOC(=O)Cc1c(C#N)ccc(O)c1OC(F)F. The van der Waals surface area contributed by atoms with Crippen LogP contribution in [0.15, 0.2) is 12.1 Å². The van der Waals surface area contributed by atoms with Gasteiger partial charge in [-0.3, -0.25) is 4.79 Å². The number of aromatic hydroxyl groups is 1. The van der Waals surface area contributed by atoms with Crippen LogP contribution in [-0.2, 0) is 16.0 Å². The average Bonchev–Trinajstić information content (AvgIpc) is 2.34. The summed E-state index contributed by atoms with van der Waals surface area (Å²) in [7, 11) is 0. The second-order valence-corrected chi connectivity index (χ2v) is 3.41. The van der Waals surface area contributed by atoms with Gasteiger partial charge in [-0.15, -0.1) is 0 Å². The van der Waals surface area contributed by atoms with E-state index in [1.807, 2.05) is 0 Å². The van der Waals surface area contributed by atoms with E-state index in [1.165, 1.54) is 6.07 Å². The minimum atomic E-state index is -3.18. The number of hydrogen-bond acceptors (Lipinski definition) is 5. The first-order valence-corrected chi connectivity index (χ1v) is 5.35. The number of nitrogens with zero attached hydrogens (tertiary/aromatic N) is 1. The predicted octanol–water partition coefficient (Wildman–Crippen LogP) is 1.97. The third-order valence-electron chi connectivity index (χ3n) is 2.19. The van der Waals surface area contributed by atoms with Gasteiger partial charge in [-0.05, 0) is 19.1 Å². The Balaban J connectivity index is 3.20. The molecule has 0 aromatic heterocycles. The van der Waals surface area contributed by atoms with Gasteiger partial charge in [0.2, 0.25) is 0 Å². The summed E-state index contributed by atoms with van der Waals surface area (Å²) in [6, 6.07) is 4.00. The van der Waals surface area contributed by atoms with E-state index in [0.29, 0.717) is 0 Å². The molecule has 0 bridgehead atoms. The van der Waals surface area contributed by atoms with E-state index < -0.39 is 30.5 Å². The molecule has 0 saturated heterocycles. The number of rotatable bonds is 5. The maximum atomic E-state index is 12.3. The van der Waals surface area contributed by atoms with Gasteiger partial charge in [0.05, 0.1) is 24.7 Å². The fourth-order valence-electron chi connectivity index (χ4n) is 1.47. The van der Waals surface area contributed by atoms with Crippen LogP contribution in [0.5, 0.6) is 11.5 Å². The Morgan fingerprint density at radius 1 is 1.53 bits per heavy atom. The van der Waals surface area contributed by atoms with Crippen LogP contribution < -0.4 is 4.74 Å². The molecule has 1 aromatic rings. The molecule has 1 rings (SSSR count). The summed E-state index contributed by atoms with van der Waals surface area (Å²) in [4.78, 5) is 11.4. The standard InChI is InChI=1S/C12H11F2NO4/c1-2-18-10(17)5-8-7(6-15)3-4-9(16)11(8)19-12(13)14/h3-4,12,16H,2,5H2,1H3. The van der Waals surface area contributed by atoms with Crippen molar-refractivity contribution in [1.82, 2.24) is 0 Å². The second-order valence-electron chi connectivity index (χ2n) is 3.41. The van der Waals surface area contributed by atoms with Gasteiger partial charge in [0.1, 0.15) is 0 Å². The molecule has 0 heterocycles. The van der Waals surface area contributed by atoms with Crippen LogP contribution in [0.4, 0.5) is 8.78 Å². The van der Waals surface area contributed by atoms with Crippen molar-refractivity contribution >= 4 is 5.97 Å². The number of phenols is 1. The van der Waals surface area contributed by atoms with Gasteiger partial charge in [-0.2, -0.15) is 14.0 Å². The van der Waals surface area contributed by atoms with E-state index in [2.05, 4.69) is 9.47 Å². The molecule has 1 N–H and O–H groups in total. The molecule has 0 aliphatic heterocycles. The number of halogens is 2. The number of esters is 1. The number of carbonyl (C=O) groups is 1. The fraction of sp³-hybridized carbons (Fsp3) is 0.333. The molecule has 0 radical (unpaired) electrons. The van der Waals surface area contributed by atoms with Crippen LogP contribution in [0.25, 0.3) is 0 Å². The van der Waals surface area contributed by atoms with Crippen molar-refractivity contribution in [2.45, 2.75) is 20.0 Å². The van der Waals surface area contributed by atoms with Crippen molar-refractivity contribution < 1.29 is 28.2 Å². The lowest BCUT2D eigenvalue weighted by Gasteiger charge is -2.13. The highest BCUT2D eigenvalue weighted by Gasteiger charge is 2.20. The lowest BCUT2D eigenvalue weighted by atomic mass is 10.0. The summed E-state index contributed by atoms with van der Waals surface area (Å²) >= 11 is 0. The van der Waals surface area contributed by atoms with Gasteiger partial charge in [-0.1, -0.05) is 0 Å². The highest BCUT2D eigenvalue weighted by atomic mass is 19.3. The molecule has 0 saturated carbocycles. The smallest absolute Gasteiger partial charge is 0.387 e. The van der Waals surface area contributed by atoms with Crippen LogP contribution in [0.1, 0.15) is 18.1 Å². The first-order chi connectivity index (χ1) is 8.99. The first kappa shape index (κ1) is 14.7. The van der Waals surface area contributed by atoms with Crippen molar-refractivity contribution in [2.24, 2.45) is 0 Å². The zero-order valence-corrected chi connectivity index (χ0v) is 10.0. The highest BCUT2D eigenvalue weighted by molar-refractivity contribution is 5.75. The maximum absolute atomic E-state index is 12.3.